The van der Waals surface area contributed by atoms with E-state index in [4.69, 9.17) is 9.26 Å². The molecule has 0 radical (unpaired) electrons. The van der Waals surface area contributed by atoms with E-state index in [0.717, 1.165) is 12.0 Å². The van der Waals surface area contributed by atoms with Gasteiger partial charge in [-0.15, -0.1) is 0 Å². The lowest BCUT2D eigenvalue weighted by Crippen LogP contribution is -1.96. The SMILES string of the molecule is CCCOCc1noc(Cc2cccc(O)c2)n1. The van der Waals surface area contributed by atoms with Crippen molar-refractivity contribution in [1.82, 2.24) is 10.1 Å². The van der Waals surface area contributed by atoms with Crippen molar-refractivity contribution in [3.05, 3.63) is 41.5 Å². The van der Waals surface area contributed by atoms with E-state index in [-0.39, 0.29) is 5.75 Å². The lowest BCUT2D eigenvalue weighted by atomic mass is 10.1. The Morgan fingerprint density at radius 2 is 2.28 bits per heavy atom. The fourth-order valence-corrected chi connectivity index (χ4v) is 1.57. The van der Waals surface area contributed by atoms with Gasteiger partial charge in [-0.05, 0) is 24.1 Å². The van der Waals surface area contributed by atoms with Gasteiger partial charge in [0.15, 0.2) is 5.82 Å². The summed E-state index contributed by atoms with van der Waals surface area (Å²) >= 11 is 0. The molecular weight excluding hydrogens is 232 g/mol. The van der Waals surface area contributed by atoms with E-state index in [1.54, 1.807) is 18.2 Å². The highest BCUT2D eigenvalue weighted by Gasteiger charge is 2.07. The molecule has 0 aliphatic heterocycles. The van der Waals surface area contributed by atoms with Gasteiger partial charge in [0, 0.05) is 6.61 Å². The molecule has 0 saturated carbocycles. The lowest BCUT2D eigenvalue weighted by Gasteiger charge is -1.97. The molecule has 1 aromatic carbocycles. The van der Waals surface area contributed by atoms with Crippen LogP contribution in [0.3, 0.4) is 0 Å². The minimum Gasteiger partial charge on any atom is -0.508 e. The molecule has 0 spiro atoms. The number of aromatic hydroxyl groups is 1. The maximum Gasteiger partial charge on any atom is 0.231 e. The number of rotatable bonds is 6. The average molecular weight is 248 g/mol. The second kappa shape index (κ2) is 6.16. The third-order valence-corrected chi connectivity index (χ3v) is 2.36. The van der Waals surface area contributed by atoms with Crippen molar-refractivity contribution in [2.45, 2.75) is 26.4 Å². The van der Waals surface area contributed by atoms with Crippen LogP contribution in [0.15, 0.2) is 28.8 Å². The molecular formula is C13H16N2O3. The first-order valence-corrected chi connectivity index (χ1v) is 5.95. The fourth-order valence-electron chi connectivity index (χ4n) is 1.57. The van der Waals surface area contributed by atoms with Gasteiger partial charge in [-0.1, -0.05) is 24.2 Å². The van der Waals surface area contributed by atoms with E-state index < -0.39 is 0 Å². The number of aromatic nitrogens is 2. The number of ether oxygens (including phenoxy) is 1. The van der Waals surface area contributed by atoms with E-state index in [0.29, 0.717) is 31.3 Å². The minimum atomic E-state index is 0.235. The summed E-state index contributed by atoms with van der Waals surface area (Å²) in [6.45, 7) is 3.11. The topological polar surface area (TPSA) is 68.4 Å². The van der Waals surface area contributed by atoms with Crippen LogP contribution in [0, 0.1) is 0 Å². The van der Waals surface area contributed by atoms with Gasteiger partial charge < -0.3 is 14.4 Å². The molecule has 2 aromatic rings. The summed E-state index contributed by atoms with van der Waals surface area (Å²) < 4.78 is 10.4. The molecule has 2 rings (SSSR count). The second-order valence-electron chi connectivity index (χ2n) is 4.00. The van der Waals surface area contributed by atoms with Crippen molar-refractivity contribution >= 4 is 0 Å². The zero-order chi connectivity index (χ0) is 12.8. The van der Waals surface area contributed by atoms with Crippen LogP contribution in [0.5, 0.6) is 5.75 Å². The van der Waals surface area contributed by atoms with Gasteiger partial charge in [0.05, 0.1) is 6.42 Å². The normalized spacial score (nSPS) is 10.7. The third kappa shape index (κ3) is 3.56. The second-order valence-corrected chi connectivity index (χ2v) is 4.00. The molecule has 5 heteroatoms. The van der Waals surface area contributed by atoms with Crippen LogP contribution in [0.4, 0.5) is 0 Å². The Balaban J connectivity index is 1.94. The van der Waals surface area contributed by atoms with Crippen LogP contribution < -0.4 is 0 Å². The summed E-state index contributed by atoms with van der Waals surface area (Å²) in [7, 11) is 0. The van der Waals surface area contributed by atoms with E-state index in [2.05, 4.69) is 10.1 Å². The highest BCUT2D eigenvalue weighted by molar-refractivity contribution is 5.28. The molecule has 0 bridgehead atoms. The van der Waals surface area contributed by atoms with E-state index in [9.17, 15) is 5.11 Å². The van der Waals surface area contributed by atoms with Crippen molar-refractivity contribution in [3.8, 4) is 5.75 Å². The number of phenols is 1. The molecule has 1 aromatic heterocycles. The molecule has 1 heterocycles. The highest BCUT2D eigenvalue weighted by Crippen LogP contribution is 2.14. The van der Waals surface area contributed by atoms with E-state index in [1.165, 1.54) is 0 Å². The summed E-state index contributed by atoms with van der Waals surface area (Å²) in [6.07, 6.45) is 1.48. The summed E-state index contributed by atoms with van der Waals surface area (Å²) in [5, 5.41) is 13.2. The third-order valence-electron chi connectivity index (χ3n) is 2.36. The summed E-state index contributed by atoms with van der Waals surface area (Å²) in [5.74, 6) is 1.31. The molecule has 0 unspecified atom stereocenters. The quantitative estimate of drug-likeness (QED) is 0.794. The average Bonchev–Trinajstić information content (AvgIpc) is 2.77. The molecule has 96 valence electrons. The minimum absolute atomic E-state index is 0.235. The van der Waals surface area contributed by atoms with Crippen molar-refractivity contribution in [1.29, 1.82) is 0 Å². The fraction of sp³-hybridized carbons (Fsp3) is 0.385. The summed E-state index contributed by atoms with van der Waals surface area (Å²) in [6, 6.07) is 6.99. The number of nitrogens with zero attached hydrogens (tertiary/aromatic N) is 2. The van der Waals surface area contributed by atoms with E-state index >= 15 is 0 Å². The molecule has 0 amide bonds. The van der Waals surface area contributed by atoms with Crippen molar-refractivity contribution in [3.63, 3.8) is 0 Å². The predicted molar refractivity (Wildman–Crippen MR) is 65.2 cm³/mol. The van der Waals surface area contributed by atoms with Crippen molar-refractivity contribution in [2.24, 2.45) is 0 Å². The largest absolute Gasteiger partial charge is 0.508 e. The zero-order valence-electron chi connectivity index (χ0n) is 10.3. The molecule has 0 saturated heterocycles. The first-order chi connectivity index (χ1) is 8.78. The molecule has 5 nitrogen and oxygen atoms in total. The van der Waals surface area contributed by atoms with Gasteiger partial charge in [-0.3, -0.25) is 0 Å². The lowest BCUT2D eigenvalue weighted by molar-refractivity contribution is 0.114. The van der Waals surface area contributed by atoms with Gasteiger partial charge >= 0.3 is 0 Å². The Bertz CT molecular complexity index is 496. The molecule has 0 aliphatic carbocycles. The first kappa shape index (κ1) is 12.6. The van der Waals surface area contributed by atoms with Crippen LogP contribution in [-0.4, -0.2) is 21.9 Å². The Kier molecular flexibility index (Phi) is 4.30. The highest BCUT2D eigenvalue weighted by atomic mass is 16.5. The summed E-state index contributed by atoms with van der Waals surface area (Å²) in [4.78, 5) is 4.22. The van der Waals surface area contributed by atoms with Crippen LogP contribution in [-0.2, 0) is 17.8 Å². The van der Waals surface area contributed by atoms with Crippen LogP contribution in [0.1, 0.15) is 30.6 Å². The Hall–Kier alpha value is -1.88. The Labute approximate surface area is 105 Å². The number of benzene rings is 1. The van der Waals surface area contributed by atoms with Gasteiger partial charge in [0.1, 0.15) is 12.4 Å². The Morgan fingerprint density at radius 3 is 3.06 bits per heavy atom. The van der Waals surface area contributed by atoms with Gasteiger partial charge in [0.2, 0.25) is 5.89 Å². The first-order valence-electron chi connectivity index (χ1n) is 5.95. The van der Waals surface area contributed by atoms with Gasteiger partial charge in [0.25, 0.3) is 0 Å². The number of phenolic OH excluding ortho intramolecular Hbond substituents is 1. The molecule has 0 aliphatic rings. The summed E-state index contributed by atoms with van der Waals surface area (Å²) in [5.41, 5.74) is 0.930. The smallest absolute Gasteiger partial charge is 0.231 e. The standard InChI is InChI=1S/C13H16N2O3/c1-2-6-17-9-12-14-13(18-15-12)8-10-4-3-5-11(16)7-10/h3-5,7,16H,2,6,8-9H2,1H3. The predicted octanol–water partition coefficient (Wildman–Crippen LogP) is 2.29. The molecule has 0 fully saturated rings. The number of hydrogen-bond donors (Lipinski definition) is 1. The van der Waals surface area contributed by atoms with Gasteiger partial charge in [-0.2, -0.15) is 4.98 Å². The maximum absolute atomic E-state index is 9.35. The Morgan fingerprint density at radius 1 is 1.39 bits per heavy atom. The van der Waals surface area contributed by atoms with Crippen LogP contribution >= 0.6 is 0 Å². The monoisotopic (exact) mass is 248 g/mol. The number of hydrogen-bond acceptors (Lipinski definition) is 5. The molecule has 1 N–H and O–H groups in total. The van der Waals surface area contributed by atoms with Crippen LogP contribution in [0.2, 0.25) is 0 Å². The van der Waals surface area contributed by atoms with Gasteiger partial charge in [-0.25, -0.2) is 0 Å². The van der Waals surface area contributed by atoms with E-state index in [1.807, 2.05) is 13.0 Å². The maximum atomic E-state index is 9.35. The van der Waals surface area contributed by atoms with Crippen LogP contribution in [0.25, 0.3) is 0 Å². The zero-order valence-corrected chi connectivity index (χ0v) is 10.3. The van der Waals surface area contributed by atoms with Crippen molar-refractivity contribution in [2.75, 3.05) is 6.61 Å². The molecule has 18 heavy (non-hydrogen) atoms. The molecule has 0 atom stereocenters. The van der Waals surface area contributed by atoms with Crippen molar-refractivity contribution < 1.29 is 14.4 Å².